The summed E-state index contributed by atoms with van der Waals surface area (Å²) in [5.41, 5.74) is -0.474. The fraction of sp³-hybridized carbons (Fsp3) is 0.938. The summed E-state index contributed by atoms with van der Waals surface area (Å²) in [5.74, 6) is 0.165. The average molecular weight is 282 g/mol. The second kappa shape index (κ2) is 6.90. The maximum atomic E-state index is 11.7. The van der Waals surface area contributed by atoms with Crippen LogP contribution in [-0.2, 0) is 4.79 Å². The first-order valence-corrected chi connectivity index (χ1v) is 8.12. The number of carboxylic acid groups (broad SMARTS) is 1. The third-order valence-corrected chi connectivity index (χ3v) is 5.24. The van der Waals surface area contributed by atoms with Crippen molar-refractivity contribution in [1.29, 1.82) is 0 Å². The summed E-state index contributed by atoms with van der Waals surface area (Å²) in [6.45, 7) is 4.16. The van der Waals surface area contributed by atoms with Gasteiger partial charge in [-0.05, 0) is 58.8 Å². The molecular formula is C16H30N2O2. The molecule has 1 saturated heterocycles. The fourth-order valence-electron chi connectivity index (χ4n) is 3.93. The largest absolute Gasteiger partial charge is 0.481 e. The summed E-state index contributed by atoms with van der Waals surface area (Å²) in [6, 6.07) is 0. The van der Waals surface area contributed by atoms with Gasteiger partial charge in [0, 0.05) is 13.1 Å². The van der Waals surface area contributed by atoms with Gasteiger partial charge in [0.15, 0.2) is 0 Å². The summed E-state index contributed by atoms with van der Waals surface area (Å²) in [6.07, 6.45) is 7.58. The van der Waals surface area contributed by atoms with Crippen LogP contribution < -0.4 is 0 Å². The van der Waals surface area contributed by atoms with Crippen molar-refractivity contribution in [2.24, 2.45) is 11.3 Å². The Labute approximate surface area is 123 Å². The van der Waals surface area contributed by atoms with Crippen LogP contribution in [0.4, 0.5) is 0 Å². The fourth-order valence-corrected chi connectivity index (χ4v) is 3.93. The molecule has 4 heteroatoms. The molecule has 2 rings (SSSR count). The quantitative estimate of drug-likeness (QED) is 0.840. The first-order valence-electron chi connectivity index (χ1n) is 8.12. The Morgan fingerprint density at radius 2 is 1.85 bits per heavy atom. The number of hydrogen-bond donors (Lipinski definition) is 1. The lowest BCUT2D eigenvalue weighted by Gasteiger charge is -2.38. The number of rotatable bonds is 5. The van der Waals surface area contributed by atoms with E-state index in [2.05, 4.69) is 23.9 Å². The van der Waals surface area contributed by atoms with Crippen molar-refractivity contribution in [1.82, 2.24) is 9.80 Å². The average Bonchev–Trinajstić information content (AvgIpc) is 2.42. The first kappa shape index (κ1) is 15.8. The second-order valence-electron chi connectivity index (χ2n) is 7.09. The zero-order valence-electron chi connectivity index (χ0n) is 13.1. The number of piperidine rings is 1. The Morgan fingerprint density at radius 1 is 1.25 bits per heavy atom. The molecule has 1 aliphatic heterocycles. The minimum Gasteiger partial charge on any atom is -0.481 e. The summed E-state index contributed by atoms with van der Waals surface area (Å²) >= 11 is 0. The topological polar surface area (TPSA) is 43.8 Å². The first-order chi connectivity index (χ1) is 9.52. The van der Waals surface area contributed by atoms with E-state index in [4.69, 9.17) is 0 Å². The molecule has 0 unspecified atom stereocenters. The maximum Gasteiger partial charge on any atom is 0.310 e. The summed E-state index contributed by atoms with van der Waals surface area (Å²) in [5, 5.41) is 9.64. The Morgan fingerprint density at radius 3 is 2.40 bits per heavy atom. The Bertz CT molecular complexity index is 318. The van der Waals surface area contributed by atoms with Gasteiger partial charge >= 0.3 is 5.97 Å². The highest BCUT2D eigenvalue weighted by Gasteiger charge is 2.40. The highest BCUT2D eigenvalue weighted by Crippen LogP contribution is 2.37. The van der Waals surface area contributed by atoms with Gasteiger partial charge in [-0.25, -0.2) is 0 Å². The van der Waals surface area contributed by atoms with Crippen molar-refractivity contribution in [3.05, 3.63) is 0 Å². The predicted molar refractivity (Wildman–Crippen MR) is 80.9 cm³/mol. The zero-order valence-corrected chi connectivity index (χ0v) is 13.1. The molecule has 2 aliphatic rings. The lowest BCUT2D eigenvalue weighted by molar-refractivity contribution is -0.152. The standard InChI is InChI=1S/C16H30N2O2/c1-17-10-6-14(7-11-17)12-18(2)13-16(15(19)20)8-4-3-5-9-16/h14H,3-13H2,1-2H3,(H,19,20). The third-order valence-electron chi connectivity index (χ3n) is 5.24. The number of carbonyl (C=O) groups is 1. The molecule has 0 aromatic heterocycles. The van der Waals surface area contributed by atoms with Gasteiger partial charge in [0.25, 0.3) is 0 Å². The van der Waals surface area contributed by atoms with Gasteiger partial charge in [0.1, 0.15) is 0 Å². The van der Waals surface area contributed by atoms with Crippen molar-refractivity contribution < 1.29 is 9.90 Å². The van der Waals surface area contributed by atoms with Crippen LogP contribution >= 0.6 is 0 Å². The van der Waals surface area contributed by atoms with Crippen LogP contribution in [0.3, 0.4) is 0 Å². The number of likely N-dealkylation sites (tertiary alicyclic amines) is 1. The molecule has 116 valence electrons. The van der Waals surface area contributed by atoms with E-state index in [9.17, 15) is 9.90 Å². The molecule has 1 heterocycles. The predicted octanol–water partition coefficient (Wildman–Crippen LogP) is 2.30. The molecule has 0 spiro atoms. The zero-order chi connectivity index (χ0) is 14.6. The Kier molecular flexibility index (Phi) is 5.44. The third kappa shape index (κ3) is 3.95. The van der Waals surface area contributed by atoms with Gasteiger partial charge in [0.2, 0.25) is 0 Å². The minimum atomic E-state index is -0.576. The molecule has 1 saturated carbocycles. The summed E-state index contributed by atoms with van der Waals surface area (Å²) < 4.78 is 0. The van der Waals surface area contributed by atoms with E-state index in [1.807, 2.05) is 0 Å². The lowest BCUT2D eigenvalue weighted by Crippen LogP contribution is -2.45. The molecule has 20 heavy (non-hydrogen) atoms. The van der Waals surface area contributed by atoms with E-state index in [-0.39, 0.29) is 0 Å². The van der Waals surface area contributed by atoms with Gasteiger partial charge in [0.05, 0.1) is 5.41 Å². The molecule has 0 aromatic rings. The Balaban J connectivity index is 1.85. The molecule has 2 fully saturated rings. The van der Waals surface area contributed by atoms with Crippen LogP contribution in [0.2, 0.25) is 0 Å². The van der Waals surface area contributed by atoms with Gasteiger partial charge in [-0.2, -0.15) is 0 Å². The van der Waals surface area contributed by atoms with Crippen LogP contribution in [0, 0.1) is 11.3 Å². The van der Waals surface area contributed by atoms with E-state index in [1.54, 1.807) is 0 Å². The van der Waals surface area contributed by atoms with Crippen molar-refractivity contribution in [2.45, 2.75) is 44.9 Å². The SMILES string of the molecule is CN1CCC(CN(C)CC2(C(=O)O)CCCCC2)CC1. The van der Waals surface area contributed by atoms with Gasteiger partial charge in [-0.15, -0.1) is 0 Å². The van der Waals surface area contributed by atoms with E-state index >= 15 is 0 Å². The molecule has 0 radical (unpaired) electrons. The van der Waals surface area contributed by atoms with E-state index in [0.29, 0.717) is 0 Å². The minimum absolute atomic E-state index is 0.474. The molecule has 4 nitrogen and oxygen atoms in total. The number of carboxylic acids is 1. The smallest absolute Gasteiger partial charge is 0.310 e. The lowest BCUT2D eigenvalue weighted by atomic mass is 9.73. The van der Waals surface area contributed by atoms with Crippen molar-refractivity contribution in [2.75, 3.05) is 40.3 Å². The van der Waals surface area contributed by atoms with E-state index in [1.165, 1.54) is 32.4 Å². The van der Waals surface area contributed by atoms with E-state index < -0.39 is 11.4 Å². The normalized spacial score (nSPS) is 24.9. The molecule has 0 aromatic carbocycles. The number of aliphatic carboxylic acids is 1. The summed E-state index contributed by atoms with van der Waals surface area (Å²) in [7, 11) is 4.29. The number of hydrogen-bond acceptors (Lipinski definition) is 3. The van der Waals surface area contributed by atoms with Crippen LogP contribution in [0.25, 0.3) is 0 Å². The highest BCUT2D eigenvalue weighted by molar-refractivity contribution is 5.75. The monoisotopic (exact) mass is 282 g/mol. The van der Waals surface area contributed by atoms with Crippen molar-refractivity contribution >= 4 is 5.97 Å². The van der Waals surface area contributed by atoms with Crippen LogP contribution in [0.15, 0.2) is 0 Å². The van der Waals surface area contributed by atoms with Crippen molar-refractivity contribution in [3.8, 4) is 0 Å². The maximum absolute atomic E-state index is 11.7. The summed E-state index contributed by atoms with van der Waals surface area (Å²) in [4.78, 5) is 16.4. The van der Waals surface area contributed by atoms with Crippen LogP contribution in [0.5, 0.6) is 0 Å². The second-order valence-corrected chi connectivity index (χ2v) is 7.09. The van der Waals surface area contributed by atoms with Gasteiger partial charge < -0.3 is 14.9 Å². The Hall–Kier alpha value is -0.610. The molecular weight excluding hydrogens is 252 g/mol. The van der Waals surface area contributed by atoms with Crippen LogP contribution in [0.1, 0.15) is 44.9 Å². The molecule has 0 atom stereocenters. The molecule has 0 amide bonds. The molecule has 1 aliphatic carbocycles. The van der Waals surface area contributed by atoms with Gasteiger partial charge in [-0.3, -0.25) is 4.79 Å². The van der Waals surface area contributed by atoms with E-state index in [0.717, 1.165) is 44.7 Å². The van der Waals surface area contributed by atoms with Crippen LogP contribution in [-0.4, -0.2) is 61.2 Å². The molecule has 0 bridgehead atoms. The van der Waals surface area contributed by atoms with Gasteiger partial charge in [-0.1, -0.05) is 19.3 Å². The van der Waals surface area contributed by atoms with Crippen molar-refractivity contribution in [3.63, 3.8) is 0 Å². The highest BCUT2D eigenvalue weighted by atomic mass is 16.4. The number of nitrogens with zero attached hydrogens (tertiary/aromatic N) is 2. The molecule has 1 N–H and O–H groups in total.